The number of nitrogens with zero attached hydrogens (tertiary/aromatic N) is 1. The fourth-order valence-electron chi connectivity index (χ4n) is 1.36. The number of ether oxygens (including phenoxy) is 1. The zero-order valence-corrected chi connectivity index (χ0v) is 10.1. The van der Waals surface area contributed by atoms with E-state index in [-0.39, 0.29) is 0 Å². The van der Waals surface area contributed by atoms with Gasteiger partial charge in [-0.3, -0.25) is 0 Å². The lowest BCUT2D eigenvalue weighted by molar-refractivity contribution is 0.123. The molecule has 0 saturated carbocycles. The van der Waals surface area contributed by atoms with Crippen LogP contribution in [0, 0.1) is 11.3 Å². The van der Waals surface area contributed by atoms with E-state index in [9.17, 15) is 0 Å². The number of hydrogen-bond acceptors (Lipinski definition) is 3. The second-order valence-electron chi connectivity index (χ2n) is 4.04. The molecule has 0 aliphatic heterocycles. The first kappa shape index (κ1) is 14.4. The molecule has 0 aromatic carbocycles. The summed E-state index contributed by atoms with van der Waals surface area (Å²) in [4.78, 5) is 0. The van der Waals surface area contributed by atoms with Crippen LogP contribution in [0.15, 0.2) is 0 Å². The largest absolute Gasteiger partial charge is 0.381 e. The molecular formula is C12H24N2O. The first-order chi connectivity index (χ1) is 7.18. The van der Waals surface area contributed by atoms with Crippen LogP contribution >= 0.6 is 0 Å². The van der Waals surface area contributed by atoms with E-state index in [0.29, 0.717) is 6.42 Å². The van der Waals surface area contributed by atoms with Crippen LogP contribution in [0.5, 0.6) is 0 Å². The van der Waals surface area contributed by atoms with Gasteiger partial charge >= 0.3 is 0 Å². The van der Waals surface area contributed by atoms with Crippen molar-refractivity contribution >= 4 is 0 Å². The second kappa shape index (κ2) is 8.70. The van der Waals surface area contributed by atoms with E-state index in [4.69, 9.17) is 15.7 Å². The maximum Gasteiger partial charge on any atom is 0.104 e. The Morgan fingerprint density at radius 1 is 1.20 bits per heavy atom. The third kappa shape index (κ3) is 7.35. The Labute approximate surface area is 93.6 Å². The first-order valence-electron chi connectivity index (χ1n) is 5.96. The smallest absolute Gasteiger partial charge is 0.104 e. The fourth-order valence-corrected chi connectivity index (χ4v) is 1.36. The zero-order valence-electron chi connectivity index (χ0n) is 10.1. The highest BCUT2D eigenvalue weighted by Crippen LogP contribution is 2.12. The summed E-state index contributed by atoms with van der Waals surface area (Å²) >= 11 is 0. The molecule has 0 radical (unpaired) electrons. The van der Waals surface area contributed by atoms with E-state index in [1.54, 1.807) is 0 Å². The van der Waals surface area contributed by atoms with E-state index in [0.717, 1.165) is 32.5 Å². The minimum atomic E-state index is -0.646. The summed E-state index contributed by atoms with van der Waals surface area (Å²) in [7, 11) is 0. The molecule has 0 aromatic heterocycles. The van der Waals surface area contributed by atoms with Crippen LogP contribution in [0.1, 0.15) is 52.4 Å². The van der Waals surface area contributed by atoms with E-state index >= 15 is 0 Å². The Morgan fingerprint density at radius 3 is 2.40 bits per heavy atom. The predicted octanol–water partition coefficient (Wildman–Crippen LogP) is 2.60. The van der Waals surface area contributed by atoms with Crippen LogP contribution in [0.3, 0.4) is 0 Å². The number of hydrogen-bond donors (Lipinski definition) is 1. The zero-order chi connectivity index (χ0) is 11.6. The molecule has 0 spiro atoms. The molecule has 0 heterocycles. The van der Waals surface area contributed by atoms with Gasteiger partial charge in [0.1, 0.15) is 5.54 Å². The third-order valence-electron chi connectivity index (χ3n) is 2.66. The lowest BCUT2D eigenvalue weighted by atomic mass is 9.94. The van der Waals surface area contributed by atoms with E-state index in [2.05, 4.69) is 13.0 Å². The minimum absolute atomic E-state index is 0.646. The topological polar surface area (TPSA) is 59.0 Å². The van der Waals surface area contributed by atoms with Crippen LogP contribution in [0.2, 0.25) is 0 Å². The molecule has 0 rings (SSSR count). The van der Waals surface area contributed by atoms with Gasteiger partial charge in [0.2, 0.25) is 0 Å². The maximum atomic E-state index is 8.84. The molecule has 0 saturated heterocycles. The number of unbranched alkanes of at least 4 members (excludes halogenated alkanes) is 2. The third-order valence-corrected chi connectivity index (χ3v) is 2.66. The van der Waals surface area contributed by atoms with Crippen LogP contribution in [0.4, 0.5) is 0 Å². The van der Waals surface area contributed by atoms with Gasteiger partial charge in [-0.2, -0.15) is 5.26 Å². The van der Waals surface area contributed by atoms with Crippen molar-refractivity contribution in [3.63, 3.8) is 0 Å². The molecule has 0 fully saturated rings. The molecule has 1 unspecified atom stereocenters. The number of nitrogens with two attached hydrogens (primary N) is 1. The quantitative estimate of drug-likeness (QED) is 0.598. The molecule has 88 valence electrons. The number of nitriles is 1. The molecule has 0 aromatic rings. The summed E-state index contributed by atoms with van der Waals surface area (Å²) in [6.45, 7) is 5.69. The van der Waals surface area contributed by atoms with Crippen molar-refractivity contribution in [1.82, 2.24) is 0 Å². The normalized spacial score (nSPS) is 14.5. The van der Waals surface area contributed by atoms with Gasteiger partial charge in [0.05, 0.1) is 6.07 Å². The van der Waals surface area contributed by atoms with Gasteiger partial charge in [-0.05, 0) is 25.7 Å². The van der Waals surface area contributed by atoms with Crippen molar-refractivity contribution in [3.8, 4) is 6.07 Å². The lowest BCUT2D eigenvalue weighted by Gasteiger charge is -2.18. The average molecular weight is 212 g/mol. The summed E-state index contributed by atoms with van der Waals surface area (Å²) in [5.74, 6) is 0. The summed E-state index contributed by atoms with van der Waals surface area (Å²) in [5.41, 5.74) is 5.20. The minimum Gasteiger partial charge on any atom is -0.381 e. The predicted molar refractivity (Wildman–Crippen MR) is 62.4 cm³/mol. The number of rotatable bonds is 9. The highest BCUT2D eigenvalue weighted by molar-refractivity contribution is 5.03. The van der Waals surface area contributed by atoms with Gasteiger partial charge in [-0.25, -0.2) is 0 Å². The molecule has 0 bridgehead atoms. The van der Waals surface area contributed by atoms with Crippen LogP contribution in [-0.4, -0.2) is 18.8 Å². The second-order valence-corrected chi connectivity index (χ2v) is 4.04. The van der Waals surface area contributed by atoms with Gasteiger partial charge in [-0.1, -0.05) is 26.7 Å². The summed E-state index contributed by atoms with van der Waals surface area (Å²) in [6, 6.07) is 2.16. The first-order valence-corrected chi connectivity index (χ1v) is 5.96. The SMILES string of the molecule is CCCCCOCCCC(N)(C#N)CC. The Kier molecular flexibility index (Phi) is 8.35. The molecule has 0 aliphatic carbocycles. The van der Waals surface area contributed by atoms with E-state index in [1.807, 2.05) is 6.92 Å². The molecule has 2 N–H and O–H groups in total. The fraction of sp³-hybridized carbons (Fsp3) is 0.917. The molecule has 0 aliphatic rings. The van der Waals surface area contributed by atoms with Crippen molar-refractivity contribution in [3.05, 3.63) is 0 Å². The van der Waals surface area contributed by atoms with Crippen LogP contribution < -0.4 is 5.73 Å². The van der Waals surface area contributed by atoms with Gasteiger partial charge in [0.25, 0.3) is 0 Å². The highest BCUT2D eigenvalue weighted by atomic mass is 16.5. The molecule has 1 atom stereocenters. The summed E-state index contributed by atoms with van der Waals surface area (Å²) in [6.07, 6.45) is 5.90. The molecule has 0 amide bonds. The maximum absolute atomic E-state index is 8.84. The Morgan fingerprint density at radius 2 is 1.87 bits per heavy atom. The lowest BCUT2D eigenvalue weighted by Crippen LogP contribution is -2.37. The van der Waals surface area contributed by atoms with Gasteiger partial charge < -0.3 is 10.5 Å². The van der Waals surface area contributed by atoms with Crippen molar-refractivity contribution in [1.29, 1.82) is 5.26 Å². The van der Waals surface area contributed by atoms with Crippen molar-refractivity contribution in [2.75, 3.05) is 13.2 Å². The molecule has 3 heteroatoms. The standard InChI is InChI=1S/C12H24N2O/c1-3-5-6-9-15-10-7-8-12(14,4-2)11-13/h3-10,14H2,1-2H3. The van der Waals surface area contributed by atoms with Crippen LogP contribution in [0.25, 0.3) is 0 Å². The Bertz CT molecular complexity index is 189. The van der Waals surface area contributed by atoms with E-state index < -0.39 is 5.54 Å². The van der Waals surface area contributed by atoms with Gasteiger partial charge in [-0.15, -0.1) is 0 Å². The summed E-state index contributed by atoms with van der Waals surface area (Å²) in [5, 5.41) is 8.84. The summed E-state index contributed by atoms with van der Waals surface area (Å²) < 4.78 is 5.46. The van der Waals surface area contributed by atoms with E-state index in [1.165, 1.54) is 12.8 Å². The Balaban J connectivity index is 3.35. The highest BCUT2D eigenvalue weighted by Gasteiger charge is 2.20. The molecule has 3 nitrogen and oxygen atoms in total. The molecule has 15 heavy (non-hydrogen) atoms. The van der Waals surface area contributed by atoms with Crippen LogP contribution in [-0.2, 0) is 4.74 Å². The van der Waals surface area contributed by atoms with Gasteiger partial charge in [0, 0.05) is 13.2 Å². The van der Waals surface area contributed by atoms with Crippen molar-refractivity contribution in [2.24, 2.45) is 5.73 Å². The monoisotopic (exact) mass is 212 g/mol. The van der Waals surface area contributed by atoms with Crippen molar-refractivity contribution in [2.45, 2.75) is 57.9 Å². The van der Waals surface area contributed by atoms with Gasteiger partial charge in [0.15, 0.2) is 0 Å². The Hall–Kier alpha value is -0.590. The average Bonchev–Trinajstić information content (AvgIpc) is 2.27. The van der Waals surface area contributed by atoms with Crippen molar-refractivity contribution < 1.29 is 4.74 Å². The molecular weight excluding hydrogens is 188 g/mol.